The van der Waals surface area contributed by atoms with Crippen LogP contribution in [0.15, 0.2) is 48.5 Å². The van der Waals surface area contributed by atoms with E-state index < -0.39 is 0 Å². The molecule has 1 unspecified atom stereocenters. The van der Waals surface area contributed by atoms with E-state index >= 15 is 0 Å². The summed E-state index contributed by atoms with van der Waals surface area (Å²) in [4.78, 5) is 38.5. The molecule has 2 aromatic rings. The number of carbonyl (C=O) groups is 3. The van der Waals surface area contributed by atoms with E-state index in [-0.39, 0.29) is 17.7 Å². The van der Waals surface area contributed by atoms with Gasteiger partial charge in [-0.05, 0) is 68.1 Å². The average Bonchev–Trinajstić information content (AvgIpc) is 2.73. The maximum absolute atomic E-state index is 12.9. The van der Waals surface area contributed by atoms with Crippen LogP contribution in [0.25, 0.3) is 0 Å². The summed E-state index contributed by atoms with van der Waals surface area (Å²) in [6.07, 6.45) is 4.23. The summed E-state index contributed by atoms with van der Waals surface area (Å²) in [5.74, 6) is -0.410. The number of nitrogens with zero attached hydrogens (tertiary/aromatic N) is 1. The van der Waals surface area contributed by atoms with Crippen molar-refractivity contribution in [3.8, 4) is 0 Å². The van der Waals surface area contributed by atoms with Crippen molar-refractivity contribution in [1.82, 2.24) is 4.90 Å². The lowest BCUT2D eigenvalue weighted by Crippen LogP contribution is -2.43. The molecule has 6 heteroatoms. The van der Waals surface area contributed by atoms with Gasteiger partial charge in [-0.25, -0.2) is 0 Å². The summed E-state index contributed by atoms with van der Waals surface area (Å²) in [6, 6.07) is 14.0. The number of amides is 3. The molecule has 3 rings (SSSR count). The van der Waals surface area contributed by atoms with Gasteiger partial charge in [0.05, 0.1) is 0 Å². The third kappa shape index (κ3) is 5.22. The summed E-state index contributed by atoms with van der Waals surface area (Å²) >= 11 is 0. The van der Waals surface area contributed by atoms with E-state index in [2.05, 4.69) is 17.6 Å². The van der Waals surface area contributed by atoms with E-state index in [0.717, 1.165) is 25.8 Å². The van der Waals surface area contributed by atoms with Crippen molar-refractivity contribution in [2.45, 2.75) is 45.6 Å². The van der Waals surface area contributed by atoms with Gasteiger partial charge < -0.3 is 15.5 Å². The number of benzene rings is 2. The van der Waals surface area contributed by atoms with E-state index in [1.54, 1.807) is 48.5 Å². The Hall–Kier alpha value is -3.15. The third-order valence-electron chi connectivity index (χ3n) is 5.19. The predicted octanol–water partition coefficient (Wildman–Crippen LogP) is 4.30. The van der Waals surface area contributed by atoms with Gasteiger partial charge in [0.25, 0.3) is 11.8 Å². The van der Waals surface area contributed by atoms with Gasteiger partial charge in [0.15, 0.2) is 0 Å². The number of piperidine rings is 1. The van der Waals surface area contributed by atoms with Crippen LogP contribution < -0.4 is 10.6 Å². The van der Waals surface area contributed by atoms with Gasteiger partial charge in [-0.3, -0.25) is 14.4 Å². The molecular formula is C23H27N3O3. The normalized spacial score (nSPS) is 16.2. The van der Waals surface area contributed by atoms with Crippen LogP contribution in [0.3, 0.4) is 0 Å². The van der Waals surface area contributed by atoms with Crippen LogP contribution in [0.2, 0.25) is 0 Å². The van der Waals surface area contributed by atoms with Crippen LogP contribution in [0.5, 0.6) is 0 Å². The van der Waals surface area contributed by atoms with E-state index in [1.165, 1.54) is 13.3 Å². The quantitative estimate of drug-likeness (QED) is 0.795. The molecule has 1 heterocycles. The van der Waals surface area contributed by atoms with Gasteiger partial charge in [0, 0.05) is 42.0 Å². The van der Waals surface area contributed by atoms with Crippen LogP contribution in [-0.2, 0) is 4.79 Å². The topological polar surface area (TPSA) is 78.5 Å². The van der Waals surface area contributed by atoms with Gasteiger partial charge in [0.2, 0.25) is 5.91 Å². The Morgan fingerprint density at radius 1 is 0.966 bits per heavy atom. The molecule has 0 aromatic heterocycles. The molecule has 3 amide bonds. The predicted molar refractivity (Wildman–Crippen MR) is 114 cm³/mol. The Morgan fingerprint density at radius 2 is 1.62 bits per heavy atom. The molecule has 1 aliphatic rings. The average molecular weight is 393 g/mol. The van der Waals surface area contributed by atoms with Crippen molar-refractivity contribution in [3.05, 3.63) is 59.7 Å². The van der Waals surface area contributed by atoms with E-state index in [1.807, 2.05) is 4.90 Å². The van der Waals surface area contributed by atoms with Gasteiger partial charge in [0.1, 0.15) is 0 Å². The first-order valence-corrected chi connectivity index (χ1v) is 10.1. The second-order valence-corrected chi connectivity index (χ2v) is 7.35. The molecule has 2 aromatic carbocycles. The number of hydrogen-bond donors (Lipinski definition) is 2. The number of carbonyl (C=O) groups excluding carboxylic acids is 3. The first-order chi connectivity index (χ1) is 14.0. The molecular weight excluding hydrogens is 366 g/mol. The highest BCUT2D eigenvalue weighted by atomic mass is 16.2. The Labute approximate surface area is 171 Å². The third-order valence-corrected chi connectivity index (χ3v) is 5.19. The zero-order valence-electron chi connectivity index (χ0n) is 16.9. The summed E-state index contributed by atoms with van der Waals surface area (Å²) < 4.78 is 0. The Balaban J connectivity index is 1.67. The van der Waals surface area contributed by atoms with Crippen molar-refractivity contribution in [1.29, 1.82) is 0 Å². The standard InChI is InChI=1S/C23H27N3O3/c1-3-21-9-4-5-14-26(21)23(29)18-12-10-17(11-13-18)22(28)25-20-8-6-7-19(15-20)24-16(2)27/h6-8,10-13,15,21H,3-5,9,14H2,1-2H3,(H,24,27)(H,25,28). The van der Waals surface area contributed by atoms with Crippen molar-refractivity contribution >= 4 is 29.1 Å². The van der Waals surface area contributed by atoms with Crippen LogP contribution in [0.1, 0.15) is 60.2 Å². The minimum atomic E-state index is -0.270. The summed E-state index contributed by atoms with van der Waals surface area (Å²) in [5, 5.41) is 5.50. The molecule has 0 radical (unpaired) electrons. The fourth-order valence-electron chi connectivity index (χ4n) is 3.70. The second kappa shape index (κ2) is 9.37. The molecule has 1 aliphatic heterocycles. The molecule has 1 atom stereocenters. The largest absolute Gasteiger partial charge is 0.336 e. The number of anilines is 2. The molecule has 1 saturated heterocycles. The van der Waals surface area contributed by atoms with Gasteiger partial charge in [-0.2, -0.15) is 0 Å². The SMILES string of the molecule is CCC1CCCCN1C(=O)c1ccc(C(=O)Nc2cccc(NC(C)=O)c2)cc1. The van der Waals surface area contributed by atoms with Gasteiger partial charge in [-0.15, -0.1) is 0 Å². The van der Waals surface area contributed by atoms with Gasteiger partial charge in [-0.1, -0.05) is 13.0 Å². The van der Waals surface area contributed by atoms with Crippen LogP contribution >= 0.6 is 0 Å². The fourth-order valence-corrected chi connectivity index (χ4v) is 3.70. The minimum Gasteiger partial charge on any atom is -0.336 e. The molecule has 1 fully saturated rings. The van der Waals surface area contributed by atoms with E-state index in [4.69, 9.17) is 0 Å². The lowest BCUT2D eigenvalue weighted by molar-refractivity contribution is -0.114. The van der Waals surface area contributed by atoms with Crippen molar-refractivity contribution in [2.24, 2.45) is 0 Å². The monoisotopic (exact) mass is 393 g/mol. The number of likely N-dealkylation sites (tertiary alicyclic amines) is 1. The zero-order valence-corrected chi connectivity index (χ0v) is 16.9. The molecule has 152 valence electrons. The summed E-state index contributed by atoms with van der Waals surface area (Å²) in [6.45, 7) is 4.34. The van der Waals surface area contributed by atoms with E-state index in [0.29, 0.717) is 28.5 Å². The lowest BCUT2D eigenvalue weighted by Gasteiger charge is -2.35. The second-order valence-electron chi connectivity index (χ2n) is 7.35. The van der Waals surface area contributed by atoms with Gasteiger partial charge >= 0.3 is 0 Å². The van der Waals surface area contributed by atoms with Crippen molar-refractivity contribution < 1.29 is 14.4 Å². The van der Waals surface area contributed by atoms with Crippen LogP contribution in [0.4, 0.5) is 11.4 Å². The zero-order chi connectivity index (χ0) is 20.8. The Bertz CT molecular complexity index is 892. The molecule has 0 bridgehead atoms. The summed E-state index contributed by atoms with van der Waals surface area (Å²) in [5.41, 5.74) is 2.27. The number of nitrogens with one attached hydrogen (secondary N) is 2. The Morgan fingerprint density at radius 3 is 2.28 bits per heavy atom. The Kier molecular flexibility index (Phi) is 6.65. The van der Waals surface area contributed by atoms with E-state index in [9.17, 15) is 14.4 Å². The first kappa shape index (κ1) is 20.6. The number of rotatable bonds is 5. The van der Waals surface area contributed by atoms with Crippen molar-refractivity contribution in [3.63, 3.8) is 0 Å². The van der Waals surface area contributed by atoms with Crippen molar-refractivity contribution in [2.75, 3.05) is 17.2 Å². The highest BCUT2D eigenvalue weighted by molar-refractivity contribution is 6.05. The maximum atomic E-state index is 12.9. The molecule has 0 spiro atoms. The summed E-state index contributed by atoms with van der Waals surface area (Å²) in [7, 11) is 0. The molecule has 6 nitrogen and oxygen atoms in total. The minimum absolute atomic E-state index is 0.0338. The lowest BCUT2D eigenvalue weighted by atomic mass is 9.98. The molecule has 0 aliphatic carbocycles. The number of hydrogen-bond acceptors (Lipinski definition) is 3. The first-order valence-electron chi connectivity index (χ1n) is 10.1. The fraction of sp³-hybridized carbons (Fsp3) is 0.348. The highest BCUT2D eigenvalue weighted by Crippen LogP contribution is 2.22. The van der Waals surface area contributed by atoms with Crippen LogP contribution in [-0.4, -0.2) is 35.2 Å². The molecule has 29 heavy (non-hydrogen) atoms. The smallest absolute Gasteiger partial charge is 0.255 e. The molecule has 0 saturated carbocycles. The maximum Gasteiger partial charge on any atom is 0.255 e. The molecule has 2 N–H and O–H groups in total. The van der Waals surface area contributed by atoms with Crippen LogP contribution in [0, 0.1) is 0 Å². The highest BCUT2D eigenvalue weighted by Gasteiger charge is 2.26.